The first-order chi connectivity index (χ1) is 14.0. The van der Waals surface area contributed by atoms with Crippen LogP contribution in [0.4, 0.5) is 5.69 Å². The van der Waals surface area contributed by atoms with Crippen LogP contribution < -0.4 is 4.80 Å². The molecule has 0 unspecified atom stereocenters. The number of hydrogen-bond donors (Lipinski definition) is 0. The van der Waals surface area contributed by atoms with E-state index in [-0.39, 0.29) is 23.9 Å². The van der Waals surface area contributed by atoms with Crippen molar-refractivity contribution in [2.45, 2.75) is 12.3 Å². The zero-order valence-corrected chi connectivity index (χ0v) is 17.1. The second-order valence-electron chi connectivity index (χ2n) is 5.94. The lowest BCUT2D eigenvalue weighted by Crippen LogP contribution is -2.22. The highest BCUT2D eigenvalue weighted by Crippen LogP contribution is 2.23. The predicted octanol–water partition coefficient (Wildman–Crippen LogP) is 3.14. The summed E-state index contributed by atoms with van der Waals surface area (Å²) >= 11 is 2.56. The van der Waals surface area contributed by atoms with Gasteiger partial charge < -0.3 is 9.30 Å². The Morgan fingerprint density at radius 3 is 2.69 bits per heavy atom. The Morgan fingerprint density at radius 2 is 2.00 bits per heavy atom. The van der Waals surface area contributed by atoms with Crippen molar-refractivity contribution in [1.29, 1.82) is 0 Å². The van der Waals surface area contributed by atoms with Gasteiger partial charge in [-0.25, -0.2) is 0 Å². The molecule has 10 heteroatoms. The Bertz CT molecular complexity index is 1120. The maximum Gasteiger partial charge on any atom is 0.325 e. The molecule has 0 N–H and O–H groups in total. The van der Waals surface area contributed by atoms with Crippen molar-refractivity contribution in [1.82, 2.24) is 4.57 Å². The van der Waals surface area contributed by atoms with Gasteiger partial charge in [-0.1, -0.05) is 41.7 Å². The van der Waals surface area contributed by atoms with Gasteiger partial charge in [-0.3, -0.25) is 19.7 Å². The maximum absolute atomic E-state index is 12.3. The smallest absolute Gasteiger partial charge is 0.325 e. The number of benzene rings is 2. The van der Waals surface area contributed by atoms with Crippen molar-refractivity contribution in [3.63, 3.8) is 0 Å². The van der Waals surface area contributed by atoms with Gasteiger partial charge in [0.2, 0.25) is 0 Å². The fourth-order valence-electron chi connectivity index (χ4n) is 2.58. The number of carbonyl (C=O) groups excluding carboxylic acids is 2. The summed E-state index contributed by atoms with van der Waals surface area (Å²) in [6.45, 7) is -0.141. The van der Waals surface area contributed by atoms with Gasteiger partial charge in [-0.05, 0) is 11.6 Å². The van der Waals surface area contributed by atoms with Gasteiger partial charge in [0.15, 0.2) is 4.80 Å². The molecule has 1 amide bonds. The molecule has 150 valence electrons. The lowest BCUT2D eigenvalue weighted by Gasteiger charge is -2.03. The number of hydrogen-bond acceptors (Lipinski definition) is 7. The summed E-state index contributed by atoms with van der Waals surface area (Å²) < 4.78 is 6.81. The molecule has 3 aromatic rings. The lowest BCUT2D eigenvalue weighted by atomic mass is 10.2. The topological polar surface area (TPSA) is 104 Å². The van der Waals surface area contributed by atoms with Gasteiger partial charge in [-0.2, -0.15) is 4.99 Å². The summed E-state index contributed by atoms with van der Waals surface area (Å²) in [6, 6.07) is 14.1. The fourth-order valence-corrected chi connectivity index (χ4v) is 4.43. The highest BCUT2D eigenvalue weighted by atomic mass is 32.2. The van der Waals surface area contributed by atoms with Gasteiger partial charge in [0.05, 0.1) is 28.0 Å². The van der Waals surface area contributed by atoms with Crippen molar-refractivity contribution < 1.29 is 19.2 Å². The third-order valence-corrected chi connectivity index (χ3v) is 5.98. The van der Waals surface area contributed by atoms with Crippen LogP contribution in [0.5, 0.6) is 0 Å². The third-order valence-electron chi connectivity index (χ3n) is 3.95. The minimum absolute atomic E-state index is 0.0692. The van der Waals surface area contributed by atoms with E-state index in [9.17, 15) is 19.7 Å². The molecule has 29 heavy (non-hydrogen) atoms. The Hall–Kier alpha value is -2.98. The molecule has 0 fully saturated rings. The van der Waals surface area contributed by atoms with E-state index in [0.717, 1.165) is 16.9 Å². The van der Waals surface area contributed by atoms with E-state index in [1.165, 1.54) is 35.6 Å². The molecule has 3 rings (SSSR count). The van der Waals surface area contributed by atoms with Gasteiger partial charge in [0.25, 0.3) is 11.6 Å². The molecule has 2 aromatic carbocycles. The number of fused-ring (bicyclic) bond motifs is 1. The quantitative estimate of drug-likeness (QED) is 0.323. The summed E-state index contributed by atoms with van der Waals surface area (Å²) in [5.74, 6) is 0.0192. The largest absolute Gasteiger partial charge is 0.468 e. The van der Waals surface area contributed by atoms with E-state index >= 15 is 0 Å². The average Bonchev–Trinajstić information content (AvgIpc) is 3.04. The molecule has 1 aromatic heterocycles. The Morgan fingerprint density at radius 1 is 1.24 bits per heavy atom. The average molecular weight is 431 g/mol. The second kappa shape index (κ2) is 9.48. The summed E-state index contributed by atoms with van der Waals surface area (Å²) in [5, 5.41) is 11.0. The predicted molar refractivity (Wildman–Crippen MR) is 112 cm³/mol. The molecule has 0 spiro atoms. The zero-order chi connectivity index (χ0) is 20.8. The highest BCUT2D eigenvalue weighted by molar-refractivity contribution is 7.99. The molecule has 0 aliphatic rings. The first-order valence-corrected chi connectivity index (χ1v) is 10.5. The standard InChI is InChI=1S/C19H17N3O5S2/c1-27-18(24)10-21-15-8-7-14(22(25)26)9-16(15)29-19(21)20-17(23)12-28-11-13-5-3-2-4-6-13/h2-9H,10-12H2,1H3. The molecule has 1 heterocycles. The lowest BCUT2D eigenvalue weighted by molar-refractivity contribution is -0.384. The number of nitro benzene ring substituents is 1. The fraction of sp³-hybridized carbons (Fsp3) is 0.211. The SMILES string of the molecule is COC(=O)Cn1c(=NC(=O)CSCc2ccccc2)sc2cc([N+](=O)[O-])ccc21. The number of esters is 1. The van der Waals surface area contributed by atoms with Gasteiger partial charge in [0.1, 0.15) is 6.54 Å². The molecule has 0 atom stereocenters. The Labute approximate surface area is 174 Å². The van der Waals surface area contributed by atoms with Crippen LogP contribution >= 0.6 is 23.1 Å². The molecule has 0 bridgehead atoms. The van der Waals surface area contributed by atoms with E-state index in [1.54, 1.807) is 6.07 Å². The van der Waals surface area contributed by atoms with Crippen LogP contribution in [0.1, 0.15) is 5.56 Å². The summed E-state index contributed by atoms with van der Waals surface area (Å²) in [5.41, 5.74) is 1.62. The zero-order valence-electron chi connectivity index (χ0n) is 15.4. The third kappa shape index (κ3) is 5.30. The van der Waals surface area contributed by atoms with Crippen LogP contribution in [0, 0.1) is 10.1 Å². The van der Waals surface area contributed by atoms with Crippen molar-refractivity contribution in [2.75, 3.05) is 12.9 Å². The molecule has 0 saturated heterocycles. The summed E-state index contributed by atoms with van der Waals surface area (Å²) in [7, 11) is 1.27. The van der Waals surface area contributed by atoms with Crippen LogP contribution in [0.15, 0.2) is 53.5 Å². The van der Waals surface area contributed by atoms with E-state index < -0.39 is 10.9 Å². The minimum atomic E-state index is -0.504. The highest BCUT2D eigenvalue weighted by Gasteiger charge is 2.15. The monoisotopic (exact) mass is 431 g/mol. The van der Waals surface area contributed by atoms with Crippen LogP contribution in [-0.4, -0.2) is 34.2 Å². The molecule has 0 radical (unpaired) electrons. The van der Waals surface area contributed by atoms with E-state index in [2.05, 4.69) is 4.99 Å². The van der Waals surface area contributed by atoms with Crippen LogP contribution in [0.2, 0.25) is 0 Å². The molecular formula is C19H17N3O5S2. The second-order valence-corrected chi connectivity index (χ2v) is 7.93. The van der Waals surface area contributed by atoms with E-state index in [4.69, 9.17) is 4.74 Å². The van der Waals surface area contributed by atoms with Crippen molar-refractivity contribution in [3.05, 3.63) is 69.0 Å². The number of amides is 1. The Kier molecular flexibility index (Phi) is 6.78. The number of aromatic nitrogens is 1. The first kappa shape index (κ1) is 20.7. The first-order valence-electron chi connectivity index (χ1n) is 8.52. The van der Waals surface area contributed by atoms with Crippen LogP contribution in [0.3, 0.4) is 0 Å². The molecule has 8 nitrogen and oxygen atoms in total. The number of thioether (sulfide) groups is 1. The van der Waals surface area contributed by atoms with Crippen LogP contribution in [0.25, 0.3) is 10.2 Å². The number of methoxy groups -OCH3 is 1. The Balaban J connectivity index is 1.86. The summed E-state index contributed by atoms with van der Waals surface area (Å²) in [6.07, 6.45) is 0. The number of ether oxygens (including phenoxy) is 1. The number of thiazole rings is 1. The number of carbonyl (C=O) groups is 2. The number of nitrogens with zero attached hydrogens (tertiary/aromatic N) is 3. The molecule has 0 saturated carbocycles. The maximum atomic E-state index is 12.3. The van der Waals surface area contributed by atoms with Crippen LogP contribution in [-0.2, 0) is 26.6 Å². The van der Waals surface area contributed by atoms with E-state index in [1.807, 2.05) is 30.3 Å². The molecule has 0 aliphatic heterocycles. The summed E-state index contributed by atoms with van der Waals surface area (Å²) in [4.78, 5) is 39.1. The molecule has 0 aliphatic carbocycles. The van der Waals surface area contributed by atoms with E-state index in [0.29, 0.717) is 20.8 Å². The number of rotatable bonds is 7. The van der Waals surface area contributed by atoms with Crippen molar-refractivity contribution in [3.8, 4) is 0 Å². The van der Waals surface area contributed by atoms with Crippen molar-refractivity contribution in [2.24, 2.45) is 4.99 Å². The van der Waals surface area contributed by atoms with Gasteiger partial charge >= 0.3 is 5.97 Å². The minimum Gasteiger partial charge on any atom is -0.468 e. The van der Waals surface area contributed by atoms with Gasteiger partial charge in [-0.15, -0.1) is 11.8 Å². The normalized spacial score (nSPS) is 11.6. The van der Waals surface area contributed by atoms with Gasteiger partial charge in [0, 0.05) is 17.9 Å². The number of non-ortho nitro benzene ring substituents is 1. The van der Waals surface area contributed by atoms with Crippen molar-refractivity contribution >= 4 is 50.9 Å². The number of nitro groups is 1. The molecular weight excluding hydrogens is 414 g/mol.